The molecular formula is C29H29NO4. The summed E-state index contributed by atoms with van der Waals surface area (Å²) in [7, 11) is 0. The Morgan fingerprint density at radius 2 is 1.06 bits per heavy atom. The van der Waals surface area contributed by atoms with Crippen LogP contribution in [0.25, 0.3) is 0 Å². The first kappa shape index (κ1) is 23.1. The molecule has 4 aromatic carbocycles. The average molecular weight is 456 g/mol. The minimum atomic E-state index is 0.201. The van der Waals surface area contributed by atoms with E-state index < -0.39 is 0 Å². The molecule has 0 unspecified atom stereocenters. The first-order chi connectivity index (χ1) is 16.1. The van der Waals surface area contributed by atoms with E-state index in [9.17, 15) is 15.3 Å². The Morgan fingerprint density at radius 1 is 0.529 bits per heavy atom. The highest BCUT2D eigenvalue weighted by Gasteiger charge is 2.20. The van der Waals surface area contributed by atoms with Gasteiger partial charge in [0.05, 0.1) is 11.4 Å². The van der Waals surface area contributed by atoms with Crippen LogP contribution in [0.5, 0.6) is 28.7 Å². The number of aromatic hydroxyl groups is 3. The number of ether oxygens (including phenoxy) is 1. The Kier molecular flexibility index (Phi) is 6.12. The summed E-state index contributed by atoms with van der Waals surface area (Å²) in [5, 5.41) is 30.8. The molecule has 174 valence electrons. The van der Waals surface area contributed by atoms with E-state index in [1.807, 2.05) is 75.9 Å². The molecular weight excluding hydrogens is 426 g/mol. The normalized spacial score (nSPS) is 10.9. The molecule has 0 aliphatic heterocycles. The number of phenolic OH excluding ortho intramolecular Hbond substituents is 3. The van der Waals surface area contributed by atoms with Crippen LogP contribution >= 0.6 is 0 Å². The Hall–Kier alpha value is -4.12. The summed E-state index contributed by atoms with van der Waals surface area (Å²) in [6.45, 7) is 9.55. The van der Waals surface area contributed by atoms with Crippen LogP contribution in [-0.4, -0.2) is 15.3 Å². The summed E-state index contributed by atoms with van der Waals surface area (Å²) in [5.74, 6) is 1.86. The third kappa shape index (κ3) is 4.50. The van der Waals surface area contributed by atoms with Crippen molar-refractivity contribution in [3.8, 4) is 28.7 Å². The van der Waals surface area contributed by atoms with Gasteiger partial charge in [-0.3, -0.25) is 0 Å². The molecule has 34 heavy (non-hydrogen) atoms. The minimum Gasteiger partial charge on any atom is -0.508 e. The molecule has 0 saturated heterocycles. The predicted octanol–water partition coefficient (Wildman–Crippen LogP) is 7.61. The first-order valence-corrected chi connectivity index (χ1v) is 11.1. The van der Waals surface area contributed by atoms with Crippen LogP contribution in [0.3, 0.4) is 0 Å². The molecule has 0 spiro atoms. The van der Waals surface area contributed by atoms with Crippen LogP contribution in [0.15, 0.2) is 66.7 Å². The number of anilines is 3. The lowest BCUT2D eigenvalue weighted by atomic mass is 10.0. The maximum atomic E-state index is 10.5. The summed E-state index contributed by atoms with van der Waals surface area (Å²) in [5.41, 5.74) is 6.69. The zero-order chi connectivity index (χ0) is 24.6. The number of hydrogen-bond donors (Lipinski definition) is 3. The lowest BCUT2D eigenvalue weighted by Gasteiger charge is -2.29. The molecule has 4 aromatic rings. The van der Waals surface area contributed by atoms with Gasteiger partial charge in [0.2, 0.25) is 0 Å². The van der Waals surface area contributed by atoms with E-state index in [4.69, 9.17) is 4.74 Å². The van der Waals surface area contributed by atoms with Gasteiger partial charge in [0.1, 0.15) is 28.7 Å². The van der Waals surface area contributed by atoms with Gasteiger partial charge < -0.3 is 25.0 Å². The SMILES string of the molecule is Cc1cc(Oc2cccc(N(c3cc(O)c(C)cc3C)c3cc(O)c(C)cc3C)c2)ccc1O. The van der Waals surface area contributed by atoms with Crippen molar-refractivity contribution in [1.29, 1.82) is 0 Å². The molecule has 0 saturated carbocycles. The fraction of sp³-hybridized carbons (Fsp3) is 0.172. The van der Waals surface area contributed by atoms with Crippen molar-refractivity contribution in [2.45, 2.75) is 34.6 Å². The Morgan fingerprint density at radius 3 is 1.62 bits per heavy atom. The molecule has 0 aliphatic rings. The van der Waals surface area contributed by atoms with E-state index in [0.29, 0.717) is 11.5 Å². The van der Waals surface area contributed by atoms with Crippen molar-refractivity contribution in [2.24, 2.45) is 0 Å². The number of nitrogens with zero attached hydrogens (tertiary/aromatic N) is 1. The number of rotatable bonds is 5. The van der Waals surface area contributed by atoms with E-state index in [2.05, 4.69) is 0 Å². The molecule has 4 rings (SSSR count). The molecule has 0 fully saturated rings. The number of benzene rings is 4. The predicted molar refractivity (Wildman–Crippen MR) is 136 cm³/mol. The summed E-state index contributed by atoms with van der Waals surface area (Å²) in [6, 6.07) is 20.1. The van der Waals surface area contributed by atoms with Crippen molar-refractivity contribution in [3.63, 3.8) is 0 Å². The zero-order valence-corrected chi connectivity index (χ0v) is 20.0. The van der Waals surface area contributed by atoms with Gasteiger partial charge in [-0.15, -0.1) is 0 Å². The van der Waals surface area contributed by atoms with Crippen molar-refractivity contribution in [1.82, 2.24) is 0 Å². The summed E-state index contributed by atoms with van der Waals surface area (Å²) in [4.78, 5) is 2.01. The van der Waals surface area contributed by atoms with Gasteiger partial charge in [-0.05, 0) is 92.8 Å². The van der Waals surface area contributed by atoms with Crippen LogP contribution in [0.4, 0.5) is 17.1 Å². The van der Waals surface area contributed by atoms with Gasteiger partial charge >= 0.3 is 0 Å². The Bertz CT molecular complexity index is 1320. The van der Waals surface area contributed by atoms with Crippen molar-refractivity contribution in [3.05, 3.63) is 94.5 Å². The van der Waals surface area contributed by atoms with Crippen molar-refractivity contribution in [2.75, 3.05) is 4.90 Å². The van der Waals surface area contributed by atoms with Gasteiger partial charge in [0.25, 0.3) is 0 Å². The highest BCUT2D eigenvalue weighted by Crippen LogP contribution is 2.43. The van der Waals surface area contributed by atoms with Crippen LogP contribution < -0.4 is 9.64 Å². The second-order valence-electron chi connectivity index (χ2n) is 8.73. The average Bonchev–Trinajstić information content (AvgIpc) is 2.78. The van der Waals surface area contributed by atoms with E-state index in [1.165, 1.54) is 0 Å². The summed E-state index contributed by atoms with van der Waals surface area (Å²) >= 11 is 0. The van der Waals surface area contributed by atoms with Gasteiger partial charge in [-0.1, -0.05) is 18.2 Å². The zero-order valence-electron chi connectivity index (χ0n) is 20.0. The van der Waals surface area contributed by atoms with Crippen LogP contribution in [0.2, 0.25) is 0 Å². The van der Waals surface area contributed by atoms with Gasteiger partial charge in [-0.2, -0.15) is 0 Å². The number of phenols is 3. The molecule has 0 amide bonds. The second-order valence-corrected chi connectivity index (χ2v) is 8.73. The molecule has 0 aromatic heterocycles. The molecule has 0 atom stereocenters. The fourth-order valence-electron chi connectivity index (χ4n) is 4.06. The Balaban J connectivity index is 1.86. The van der Waals surface area contributed by atoms with Crippen LogP contribution in [0.1, 0.15) is 27.8 Å². The second kappa shape index (κ2) is 9.02. The molecule has 5 nitrogen and oxygen atoms in total. The molecule has 0 heterocycles. The quantitative estimate of drug-likeness (QED) is 0.289. The van der Waals surface area contributed by atoms with E-state index in [1.54, 1.807) is 30.3 Å². The van der Waals surface area contributed by atoms with Crippen molar-refractivity contribution < 1.29 is 20.1 Å². The third-order valence-electron chi connectivity index (χ3n) is 5.99. The van der Waals surface area contributed by atoms with Gasteiger partial charge in [0.15, 0.2) is 0 Å². The smallest absolute Gasteiger partial charge is 0.129 e. The lowest BCUT2D eigenvalue weighted by molar-refractivity contribution is 0.460. The maximum Gasteiger partial charge on any atom is 0.129 e. The van der Waals surface area contributed by atoms with Crippen LogP contribution in [-0.2, 0) is 0 Å². The number of hydrogen-bond acceptors (Lipinski definition) is 5. The molecule has 0 radical (unpaired) electrons. The molecule has 5 heteroatoms. The van der Waals surface area contributed by atoms with Gasteiger partial charge in [-0.25, -0.2) is 0 Å². The highest BCUT2D eigenvalue weighted by atomic mass is 16.5. The lowest BCUT2D eigenvalue weighted by Crippen LogP contribution is -2.13. The fourth-order valence-corrected chi connectivity index (χ4v) is 4.06. The largest absolute Gasteiger partial charge is 0.508 e. The Labute approximate surface area is 200 Å². The van der Waals surface area contributed by atoms with Crippen molar-refractivity contribution >= 4 is 17.1 Å². The summed E-state index contributed by atoms with van der Waals surface area (Å²) in [6.07, 6.45) is 0. The third-order valence-corrected chi connectivity index (χ3v) is 5.99. The standard InChI is InChI=1S/C29H29NO4/c1-17-11-19(3)28(32)15-25(17)30(26-16-29(33)20(4)12-18(26)2)22-7-6-8-23(14-22)34-24-9-10-27(31)21(5)13-24/h6-16,31-33H,1-5H3. The van der Waals surface area contributed by atoms with E-state index in [0.717, 1.165) is 44.9 Å². The molecule has 0 aliphatic carbocycles. The summed E-state index contributed by atoms with van der Waals surface area (Å²) < 4.78 is 6.09. The molecule has 3 N–H and O–H groups in total. The minimum absolute atomic E-state index is 0.201. The highest BCUT2D eigenvalue weighted by molar-refractivity contribution is 5.82. The van der Waals surface area contributed by atoms with E-state index in [-0.39, 0.29) is 17.2 Å². The first-order valence-electron chi connectivity index (χ1n) is 11.1. The van der Waals surface area contributed by atoms with E-state index >= 15 is 0 Å². The van der Waals surface area contributed by atoms with Gasteiger partial charge in [0, 0.05) is 23.9 Å². The van der Waals surface area contributed by atoms with Crippen LogP contribution in [0, 0.1) is 34.6 Å². The topological polar surface area (TPSA) is 73.2 Å². The number of aryl methyl sites for hydroxylation is 5. The molecule has 0 bridgehead atoms. The monoisotopic (exact) mass is 455 g/mol. The maximum absolute atomic E-state index is 10.5.